The zero-order valence-corrected chi connectivity index (χ0v) is 9.35. The lowest BCUT2D eigenvalue weighted by atomic mass is 10.1. The van der Waals surface area contributed by atoms with Crippen LogP contribution in [0.5, 0.6) is 0 Å². The number of rotatable bonds is 1. The maximum atomic E-state index is 13.1. The predicted octanol–water partition coefficient (Wildman–Crippen LogP) is 4.99. The molecule has 0 atom stereocenters. The second-order valence-corrected chi connectivity index (χ2v) is 4.80. The standard InChI is InChI=1S/C14H9FS/c1-9(15)10-6-7-14-12(8-10)11-4-2-3-5-13(11)16-14/h2-8H,1H2. The van der Waals surface area contributed by atoms with Crippen molar-refractivity contribution >= 4 is 37.3 Å². The minimum atomic E-state index is -0.378. The summed E-state index contributed by atoms with van der Waals surface area (Å²) in [6, 6.07) is 13.8. The molecule has 3 rings (SSSR count). The van der Waals surface area contributed by atoms with Crippen LogP contribution < -0.4 is 0 Å². The maximum Gasteiger partial charge on any atom is 0.123 e. The zero-order chi connectivity index (χ0) is 11.1. The van der Waals surface area contributed by atoms with Gasteiger partial charge < -0.3 is 0 Å². The molecule has 0 nitrogen and oxygen atoms in total. The molecule has 0 N–H and O–H groups in total. The first-order valence-electron chi connectivity index (χ1n) is 5.02. The molecule has 1 aromatic heterocycles. The summed E-state index contributed by atoms with van der Waals surface area (Å²) < 4.78 is 15.5. The summed E-state index contributed by atoms with van der Waals surface area (Å²) in [5.41, 5.74) is 0.566. The SMILES string of the molecule is C=C(F)c1ccc2sc3ccccc3c2c1. The summed E-state index contributed by atoms with van der Waals surface area (Å²) in [7, 11) is 0. The van der Waals surface area contributed by atoms with Crippen LogP contribution >= 0.6 is 11.3 Å². The molecule has 0 saturated heterocycles. The van der Waals surface area contributed by atoms with Crippen LogP contribution in [-0.4, -0.2) is 0 Å². The second kappa shape index (κ2) is 3.42. The molecule has 16 heavy (non-hydrogen) atoms. The highest BCUT2D eigenvalue weighted by atomic mass is 32.1. The van der Waals surface area contributed by atoms with E-state index in [1.165, 1.54) is 14.8 Å². The zero-order valence-electron chi connectivity index (χ0n) is 8.53. The van der Waals surface area contributed by atoms with Crippen molar-refractivity contribution in [1.29, 1.82) is 0 Å². The van der Waals surface area contributed by atoms with Crippen molar-refractivity contribution in [3.8, 4) is 0 Å². The van der Waals surface area contributed by atoms with Crippen LogP contribution in [0.15, 0.2) is 49.0 Å². The molecule has 3 aromatic rings. The molecule has 0 spiro atoms. The molecule has 1 heterocycles. The summed E-state index contributed by atoms with van der Waals surface area (Å²) >= 11 is 1.73. The fraction of sp³-hybridized carbons (Fsp3) is 0. The van der Waals surface area contributed by atoms with Crippen molar-refractivity contribution in [1.82, 2.24) is 0 Å². The van der Waals surface area contributed by atoms with Crippen molar-refractivity contribution in [2.75, 3.05) is 0 Å². The predicted molar refractivity (Wildman–Crippen MR) is 69.5 cm³/mol. The summed E-state index contributed by atoms with van der Waals surface area (Å²) in [6.07, 6.45) is 0. The van der Waals surface area contributed by atoms with Crippen LogP contribution in [0.1, 0.15) is 5.56 Å². The topological polar surface area (TPSA) is 0 Å². The highest BCUT2D eigenvalue weighted by molar-refractivity contribution is 7.25. The Bertz CT molecular complexity index is 694. The molecule has 78 valence electrons. The molecule has 0 unspecified atom stereocenters. The highest BCUT2D eigenvalue weighted by Crippen LogP contribution is 2.35. The third-order valence-corrected chi connectivity index (χ3v) is 3.84. The molecule has 0 radical (unpaired) electrons. The third kappa shape index (κ3) is 1.34. The number of benzene rings is 2. The van der Waals surface area contributed by atoms with Crippen LogP contribution in [0.3, 0.4) is 0 Å². The molecule has 2 heteroatoms. The van der Waals surface area contributed by atoms with Crippen molar-refractivity contribution < 1.29 is 4.39 Å². The van der Waals surface area contributed by atoms with E-state index in [0.29, 0.717) is 5.56 Å². The first-order valence-corrected chi connectivity index (χ1v) is 5.83. The lowest BCUT2D eigenvalue weighted by molar-refractivity contribution is 0.763. The fourth-order valence-electron chi connectivity index (χ4n) is 1.89. The number of hydrogen-bond donors (Lipinski definition) is 0. The maximum absolute atomic E-state index is 13.1. The van der Waals surface area contributed by atoms with Crippen molar-refractivity contribution in [2.24, 2.45) is 0 Å². The average Bonchev–Trinajstić information content (AvgIpc) is 2.66. The van der Waals surface area contributed by atoms with Gasteiger partial charge in [-0.05, 0) is 18.2 Å². The van der Waals surface area contributed by atoms with E-state index in [4.69, 9.17) is 0 Å². The molecule has 0 bridgehead atoms. The van der Waals surface area contributed by atoms with E-state index < -0.39 is 0 Å². The molecule has 0 amide bonds. The van der Waals surface area contributed by atoms with Gasteiger partial charge in [-0.15, -0.1) is 11.3 Å². The third-order valence-electron chi connectivity index (χ3n) is 2.69. The smallest absolute Gasteiger partial charge is 0.123 e. The van der Waals surface area contributed by atoms with Gasteiger partial charge in [0.05, 0.1) is 0 Å². The normalized spacial score (nSPS) is 11.1. The molecule has 0 aliphatic rings. The monoisotopic (exact) mass is 228 g/mol. The molecule has 2 aromatic carbocycles. The van der Waals surface area contributed by atoms with Crippen LogP contribution in [0.2, 0.25) is 0 Å². The van der Waals surface area contributed by atoms with Gasteiger partial charge in [-0.25, -0.2) is 4.39 Å². The van der Waals surface area contributed by atoms with Crippen LogP contribution in [-0.2, 0) is 0 Å². The summed E-state index contributed by atoms with van der Waals surface area (Å²) in [5, 5.41) is 2.29. The first-order chi connectivity index (χ1) is 7.75. The Morgan fingerprint density at radius 2 is 1.75 bits per heavy atom. The largest absolute Gasteiger partial charge is 0.207 e. The van der Waals surface area contributed by atoms with E-state index in [2.05, 4.69) is 18.7 Å². The van der Waals surface area contributed by atoms with Crippen LogP contribution in [0.4, 0.5) is 4.39 Å². The van der Waals surface area contributed by atoms with Gasteiger partial charge in [-0.1, -0.05) is 30.8 Å². The Kier molecular flexibility index (Phi) is 2.04. The summed E-state index contributed by atoms with van der Waals surface area (Å²) in [6.45, 7) is 3.33. The Hall–Kier alpha value is -1.67. The molecular formula is C14H9FS. The van der Waals surface area contributed by atoms with Crippen molar-refractivity contribution in [3.05, 3.63) is 54.6 Å². The number of fused-ring (bicyclic) bond motifs is 3. The van der Waals surface area contributed by atoms with E-state index in [1.807, 2.05) is 24.3 Å². The number of halogens is 1. The van der Waals surface area contributed by atoms with Gasteiger partial charge >= 0.3 is 0 Å². The Morgan fingerprint density at radius 1 is 1.00 bits per heavy atom. The second-order valence-electron chi connectivity index (χ2n) is 3.71. The molecule has 0 fully saturated rings. The Labute approximate surface area is 96.6 Å². The molecular weight excluding hydrogens is 219 g/mol. The Morgan fingerprint density at radius 3 is 2.56 bits per heavy atom. The van der Waals surface area contributed by atoms with E-state index in [9.17, 15) is 4.39 Å². The van der Waals surface area contributed by atoms with Crippen molar-refractivity contribution in [2.45, 2.75) is 0 Å². The van der Waals surface area contributed by atoms with Gasteiger partial charge in [0.15, 0.2) is 0 Å². The van der Waals surface area contributed by atoms with Gasteiger partial charge in [0.25, 0.3) is 0 Å². The van der Waals surface area contributed by atoms with Gasteiger partial charge in [-0.3, -0.25) is 0 Å². The summed E-state index contributed by atoms with van der Waals surface area (Å²) in [4.78, 5) is 0. The quantitative estimate of drug-likeness (QED) is 0.550. The van der Waals surface area contributed by atoms with E-state index in [-0.39, 0.29) is 5.83 Å². The minimum Gasteiger partial charge on any atom is -0.207 e. The van der Waals surface area contributed by atoms with E-state index in [0.717, 1.165) is 5.39 Å². The van der Waals surface area contributed by atoms with E-state index in [1.54, 1.807) is 17.4 Å². The van der Waals surface area contributed by atoms with Gasteiger partial charge in [0.2, 0.25) is 0 Å². The fourth-order valence-corrected chi connectivity index (χ4v) is 2.98. The molecule has 0 saturated carbocycles. The van der Waals surface area contributed by atoms with E-state index >= 15 is 0 Å². The van der Waals surface area contributed by atoms with Gasteiger partial charge in [-0.2, -0.15) is 0 Å². The van der Waals surface area contributed by atoms with Gasteiger partial charge in [0, 0.05) is 25.7 Å². The minimum absolute atomic E-state index is 0.378. The number of thiophene rings is 1. The first kappa shape index (κ1) is 9.55. The number of hydrogen-bond acceptors (Lipinski definition) is 1. The van der Waals surface area contributed by atoms with Crippen LogP contribution in [0.25, 0.3) is 26.0 Å². The highest BCUT2D eigenvalue weighted by Gasteiger charge is 2.06. The van der Waals surface area contributed by atoms with Gasteiger partial charge in [0.1, 0.15) is 5.83 Å². The average molecular weight is 228 g/mol. The lowest BCUT2D eigenvalue weighted by Gasteiger charge is -1.96. The lowest BCUT2D eigenvalue weighted by Crippen LogP contribution is -1.75. The molecule has 0 aliphatic carbocycles. The van der Waals surface area contributed by atoms with Crippen LogP contribution in [0, 0.1) is 0 Å². The Balaban J connectivity index is 2.44. The summed E-state index contributed by atoms with van der Waals surface area (Å²) in [5.74, 6) is -0.378. The molecule has 0 aliphatic heterocycles. The van der Waals surface area contributed by atoms with Crippen molar-refractivity contribution in [3.63, 3.8) is 0 Å².